The van der Waals surface area contributed by atoms with Gasteiger partial charge in [-0.15, -0.1) is 0 Å². The molecule has 0 amide bonds. The molecule has 0 spiro atoms. The number of hydrogen-bond donors (Lipinski definition) is 1. The van der Waals surface area contributed by atoms with Crippen molar-refractivity contribution in [1.29, 1.82) is 0 Å². The molecular formula is C28H26N2O3. The van der Waals surface area contributed by atoms with Crippen molar-refractivity contribution in [2.45, 2.75) is 32.2 Å². The molecule has 1 N–H and O–H groups in total. The number of rotatable bonds is 5. The van der Waals surface area contributed by atoms with Crippen molar-refractivity contribution in [3.63, 3.8) is 0 Å². The van der Waals surface area contributed by atoms with Crippen LogP contribution < -0.4 is 4.74 Å². The first-order valence-electron chi connectivity index (χ1n) is 11.4. The van der Waals surface area contributed by atoms with Gasteiger partial charge < -0.3 is 19.2 Å². The second-order valence-electron chi connectivity index (χ2n) is 9.01. The van der Waals surface area contributed by atoms with E-state index in [2.05, 4.69) is 65.6 Å². The molecular weight excluding hydrogens is 412 g/mol. The molecule has 0 radical (unpaired) electrons. The molecule has 33 heavy (non-hydrogen) atoms. The van der Waals surface area contributed by atoms with Crippen LogP contribution in [0.1, 0.15) is 20.3 Å². The summed E-state index contributed by atoms with van der Waals surface area (Å²) in [6, 6.07) is 25.1. The van der Waals surface area contributed by atoms with Gasteiger partial charge in [0.05, 0.1) is 30.4 Å². The van der Waals surface area contributed by atoms with E-state index in [0.29, 0.717) is 13.2 Å². The van der Waals surface area contributed by atoms with Crippen LogP contribution in [0.2, 0.25) is 0 Å². The van der Waals surface area contributed by atoms with Crippen LogP contribution in [0.5, 0.6) is 5.75 Å². The lowest BCUT2D eigenvalue weighted by atomic mass is 10.0. The maximum Gasteiger partial charge on any atom is 0.163 e. The molecule has 0 bridgehead atoms. The third-order valence-electron chi connectivity index (χ3n) is 6.28. The van der Waals surface area contributed by atoms with Crippen LogP contribution >= 0.6 is 0 Å². The normalized spacial score (nSPS) is 17.8. The quantitative estimate of drug-likeness (QED) is 0.320. The predicted molar refractivity (Wildman–Crippen MR) is 132 cm³/mol. The number of aromatic amines is 1. The van der Waals surface area contributed by atoms with E-state index in [9.17, 15) is 0 Å². The number of fused-ring (bicyclic) bond motifs is 6. The van der Waals surface area contributed by atoms with Crippen LogP contribution in [-0.2, 0) is 9.47 Å². The Hall–Kier alpha value is -3.41. The average molecular weight is 439 g/mol. The average Bonchev–Trinajstić information content (AvgIpc) is 3.43. The second kappa shape index (κ2) is 7.87. The molecule has 4 aromatic carbocycles. The van der Waals surface area contributed by atoms with E-state index in [-0.39, 0.29) is 6.10 Å². The summed E-state index contributed by atoms with van der Waals surface area (Å²) in [4.78, 5) is 8.56. The summed E-state index contributed by atoms with van der Waals surface area (Å²) in [7, 11) is 0. The van der Waals surface area contributed by atoms with Gasteiger partial charge in [0.1, 0.15) is 11.6 Å². The van der Waals surface area contributed by atoms with Crippen LogP contribution in [0, 0.1) is 0 Å². The number of hydrogen-bond acceptors (Lipinski definition) is 4. The highest BCUT2D eigenvalue weighted by Gasteiger charge is 2.32. The fraction of sp³-hybridized carbons (Fsp3) is 0.250. The summed E-state index contributed by atoms with van der Waals surface area (Å²) >= 11 is 0. The number of nitrogens with one attached hydrogen (secondary N) is 1. The Labute approximate surface area is 192 Å². The summed E-state index contributed by atoms with van der Waals surface area (Å²) < 4.78 is 17.4. The minimum absolute atomic E-state index is 0.0828. The van der Waals surface area contributed by atoms with E-state index in [4.69, 9.17) is 19.2 Å². The Balaban J connectivity index is 1.26. The first-order chi connectivity index (χ1) is 16.1. The Kier molecular flexibility index (Phi) is 4.82. The lowest BCUT2D eigenvalue weighted by Crippen LogP contribution is -2.22. The minimum atomic E-state index is -0.491. The highest BCUT2D eigenvalue weighted by molar-refractivity contribution is 6.23. The number of imidazole rings is 1. The number of ether oxygens (including phenoxy) is 3. The minimum Gasteiger partial charge on any atom is -0.493 e. The molecule has 1 fully saturated rings. The molecule has 1 aromatic heterocycles. The van der Waals surface area contributed by atoms with Crippen molar-refractivity contribution in [2.24, 2.45) is 0 Å². The van der Waals surface area contributed by atoms with Crippen molar-refractivity contribution < 1.29 is 14.2 Å². The molecule has 5 nitrogen and oxygen atoms in total. The summed E-state index contributed by atoms with van der Waals surface area (Å²) in [6.07, 6.45) is 0.883. The molecule has 0 saturated carbocycles. The molecule has 0 aliphatic carbocycles. The Morgan fingerprint density at radius 1 is 0.909 bits per heavy atom. The number of benzene rings is 4. The molecule has 1 aliphatic heterocycles. The lowest BCUT2D eigenvalue weighted by molar-refractivity contribution is -0.139. The van der Waals surface area contributed by atoms with E-state index in [1.54, 1.807) is 0 Å². The van der Waals surface area contributed by atoms with Gasteiger partial charge in [0, 0.05) is 22.8 Å². The third-order valence-corrected chi connectivity index (χ3v) is 6.28. The van der Waals surface area contributed by atoms with Crippen molar-refractivity contribution in [3.05, 3.63) is 72.8 Å². The van der Waals surface area contributed by atoms with Crippen molar-refractivity contribution in [2.75, 3.05) is 13.2 Å². The van der Waals surface area contributed by atoms with Gasteiger partial charge in [-0.2, -0.15) is 0 Å². The SMILES string of the molecule is CC1(C)OC[C@H](CCOc2ccc(-c3nc4c5ccccc5c5ccccc5c4[nH]3)cc2)O1. The van der Waals surface area contributed by atoms with Crippen LogP contribution in [0.25, 0.3) is 44.0 Å². The molecule has 1 atom stereocenters. The topological polar surface area (TPSA) is 56.4 Å². The van der Waals surface area contributed by atoms with E-state index in [1.165, 1.54) is 16.2 Å². The van der Waals surface area contributed by atoms with E-state index < -0.39 is 5.79 Å². The summed E-state index contributed by atoms with van der Waals surface area (Å²) in [6.45, 7) is 5.09. The molecule has 0 unspecified atom stereocenters. The molecule has 166 valence electrons. The van der Waals surface area contributed by atoms with E-state index in [1.807, 2.05) is 26.0 Å². The van der Waals surface area contributed by atoms with Crippen LogP contribution in [-0.4, -0.2) is 35.1 Å². The fourth-order valence-corrected chi connectivity index (χ4v) is 4.68. The Morgan fingerprint density at radius 2 is 1.58 bits per heavy atom. The van der Waals surface area contributed by atoms with Gasteiger partial charge in [-0.3, -0.25) is 0 Å². The highest BCUT2D eigenvalue weighted by Crippen LogP contribution is 2.35. The van der Waals surface area contributed by atoms with Gasteiger partial charge in [0.25, 0.3) is 0 Å². The molecule has 2 heterocycles. The van der Waals surface area contributed by atoms with Crippen LogP contribution in [0.15, 0.2) is 72.8 Å². The predicted octanol–water partition coefficient (Wildman–Crippen LogP) is 6.46. The molecule has 5 aromatic rings. The maximum absolute atomic E-state index is 5.94. The molecule has 1 aliphatic rings. The number of H-pyrrole nitrogens is 1. The van der Waals surface area contributed by atoms with Gasteiger partial charge in [0.2, 0.25) is 0 Å². The fourth-order valence-electron chi connectivity index (χ4n) is 4.68. The first-order valence-corrected chi connectivity index (χ1v) is 11.4. The number of aromatic nitrogens is 2. The van der Waals surface area contributed by atoms with Gasteiger partial charge >= 0.3 is 0 Å². The smallest absolute Gasteiger partial charge is 0.163 e. The van der Waals surface area contributed by atoms with Gasteiger partial charge in [-0.25, -0.2) is 4.98 Å². The zero-order chi connectivity index (χ0) is 22.4. The molecule has 1 saturated heterocycles. The van der Waals surface area contributed by atoms with Gasteiger partial charge in [-0.05, 0) is 48.9 Å². The van der Waals surface area contributed by atoms with Crippen LogP contribution in [0.4, 0.5) is 0 Å². The summed E-state index contributed by atoms with van der Waals surface area (Å²) in [5.41, 5.74) is 3.10. The third kappa shape index (κ3) is 3.73. The van der Waals surface area contributed by atoms with Crippen molar-refractivity contribution in [1.82, 2.24) is 9.97 Å². The zero-order valence-corrected chi connectivity index (χ0v) is 18.8. The van der Waals surface area contributed by atoms with Crippen LogP contribution in [0.3, 0.4) is 0 Å². The number of nitrogens with zero attached hydrogens (tertiary/aromatic N) is 1. The second-order valence-corrected chi connectivity index (χ2v) is 9.01. The standard InChI is InChI=1S/C28H26N2O3/c1-28(2)32-17-20(33-28)15-16-31-19-13-11-18(12-14-19)27-29-25-23-9-5-3-7-21(23)22-8-4-6-10-24(22)26(25)30-27/h3-14,20H,15-17H2,1-2H3,(H,29,30)/t20-/m0/s1. The Bertz CT molecular complexity index is 1380. The van der Waals surface area contributed by atoms with Crippen molar-refractivity contribution >= 4 is 32.6 Å². The summed E-state index contributed by atoms with van der Waals surface area (Å²) in [5, 5.41) is 4.81. The van der Waals surface area contributed by atoms with Gasteiger partial charge in [0.15, 0.2) is 5.79 Å². The monoisotopic (exact) mass is 438 g/mol. The maximum atomic E-state index is 5.94. The lowest BCUT2D eigenvalue weighted by Gasteiger charge is -2.17. The molecule has 5 heteroatoms. The molecule has 6 rings (SSSR count). The summed E-state index contributed by atoms with van der Waals surface area (Å²) in [5.74, 6) is 1.20. The zero-order valence-electron chi connectivity index (χ0n) is 18.8. The van der Waals surface area contributed by atoms with Gasteiger partial charge in [-0.1, -0.05) is 48.5 Å². The largest absolute Gasteiger partial charge is 0.493 e. The Morgan fingerprint density at radius 3 is 2.27 bits per heavy atom. The van der Waals surface area contributed by atoms with E-state index >= 15 is 0 Å². The highest BCUT2D eigenvalue weighted by atomic mass is 16.7. The van der Waals surface area contributed by atoms with Crippen molar-refractivity contribution in [3.8, 4) is 17.1 Å². The van der Waals surface area contributed by atoms with E-state index in [0.717, 1.165) is 40.0 Å². The first kappa shape index (κ1) is 20.2.